The normalized spacial score (nSPS) is 10.8. The summed E-state index contributed by atoms with van der Waals surface area (Å²) in [5.74, 6) is 0. The fraction of sp³-hybridized carbons (Fsp3) is 0.308. The van der Waals surface area contributed by atoms with E-state index in [1.807, 2.05) is 6.92 Å². The highest BCUT2D eigenvalue weighted by Crippen LogP contribution is 2.28. The third-order valence-electron chi connectivity index (χ3n) is 2.87. The van der Waals surface area contributed by atoms with Gasteiger partial charge in [0.15, 0.2) is 0 Å². The summed E-state index contributed by atoms with van der Waals surface area (Å²) in [4.78, 5) is 0. The van der Waals surface area contributed by atoms with Gasteiger partial charge in [-0.2, -0.15) is 5.10 Å². The number of hydrogen-bond donors (Lipinski definition) is 2. The third-order valence-corrected chi connectivity index (χ3v) is 2.87. The first-order valence-corrected chi connectivity index (χ1v) is 5.45. The van der Waals surface area contributed by atoms with E-state index < -0.39 is 0 Å². The van der Waals surface area contributed by atoms with Crippen LogP contribution >= 0.6 is 0 Å². The molecule has 0 saturated heterocycles. The first-order valence-electron chi connectivity index (χ1n) is 5.45. The molecule has 0 fully saturated rings. The summed E-state index contributed by atoms with van der Waals surface area (Å²) in [5.41, 5.74) is 12.6. The van der Waals surface area contributed by atoms with E-state index in [1.54, 1.807) is 0 Å². The molecule has 2 aromatic rings. The standard InChI is InChI=1S/C13H17N3/c1-8-4-5-11(9(2)6-8)13-10(3)15-16-12(13)7-14/h4-6H,7,14H2,1-3H3,(H,15,16). The Morgan fingerprint density at radius 3 is 2.62 bits per heavy atom. The van der Waals surface area contributed by atoms with Crippen molar-refractivity contribution in [1.29, 1.82) is 0 Å². The lowest BCUT2D eigenvalue weighted by atomic mass is 9.97. The minimum Gasteiger partial charge on any atom is -0.325 e. The van der Waals surface area contributed by atoms with Gasteiger partial charge in [0.2, 0.25) is 0 Å². The largest absolute Gasteiger partial charge is 0.325 e. The summed E-state index contributed by atoms with van der Waals surface area (Å²) in [6.45, 7) is 6.71. The number of nitrogens with two attached hydrogens (primary N) is 1. The van der Waals surface area contributed by atoms with Crippen LogP contribution in [0, 0.1) is 20.8 Å². The van der Waals surface area contributed by atoms with Crippen molar-refractivity contribution in [2.24, 2.45) is 5.73 Å². The van der Waals surface area contributed by atoms with E-state index in [9.17, 15) is 0 Å². The fourth-order valence-corrected chi connectivity index (χ4v) is 2.08. The zero-order valence-electron chi connectivity index (χ0n) is 9.96. The molecular weight excluding hydrogens is 198 g/mol. The van der Waals surface area contributed by atoms with E-state index >= 15 is 0 Å². The molecule has 0 amide bonds. The third kappa shape index (κ3) is 1.74. The molecule has 3 nitrogen and oxygen atoms in total. The minimum atomic E-state index is 0.465. The van der Waals surface area contributed by atoms with Crippen LogP contribution in [0.2, 0.25) is 0 Å². The SMILES string of the molecule is Cc1ccc(-c2c(CN)n[nH]c2C)c(C)c1. The smallest absolute Gasteiger partial charge is 0.0838 e. The van der Waals surface area contributed by atoms with Gasteiger partial charge in [0.05, 0.1) is 5.69 Å². The second kappa shape index (κ2) is 4.10. The zero-order valence-corrected chi connectivity index (χ0v) is 9.96. The minimum absolute atomic E-state index is 0.465. The van der Waals surface area contributed by atoms with Gasteiger partial charge >= 0.3 is 0 Å². The molecular formula is C13H17N3. The number of aryl methyl sites for hydroxylation is 3. The van der Waals surface area contributed by atoms with Crippen LogP contribution < -0.4 is 5.73 Å². The van der Waals surface area contributed by atoms with E-state index in [0.29, 0.717) is 6.54 Å². The molecule has 0 aliphatic carbocycles. The van der Waals surface area contributed by atoms with Crippen LogP contribution in [0.5, 0.6) is 0 Å². The molecule has 3 N–H and O–H groups in total. The van der Waals surface area contributed by atoms with E-state index in [4.69, 9.17) is 5.73 Å². The number of benzene rings is 1. The van der Waals surface area contributed by atoms with Crippen molar-refractivity contribution in [2.45, 2.75) is 27.3 Å². The number of rotatable bonds is 2. The number of H-pyrrole nitrogens is 1. The molecule has 0 aliphatic rings. The van der Waals surface area contributed by atoms with Crippen molar-refractivity contribution in [3.05, 3.63) is 40.7 Å². The Labute approximate surface area is 95.7 Å². The van der Waals surface area contributed by atoms with Crippen molar-refractivity contribution in [3.63, 3.8) is 0 Å². The highest BCUT2D eigenvalue weighted by atomic mass is 15.1. The summed E-state index contributed by atoms with van der Waals surface area (Å²) < 4.78 is 0. The maximum Gasteiger partial charge on any atom is 0.0838 e. The topological polar surface area (TPSA) is 54.7 Å². The number of nitrogens with one attached hydrogen (secondary N) is 1. The Balaban J connectivity index is 2.62. The summed E-state index contributed by atoms with van der Waals surface area (Å²) in [6.07, 6.45) is 0. The predicted octanol–water partition coefficient (Wildman–Crippen LogP) is 2.46. The first kappa shape index (κ1) is 10.9. The van der Waals surface area contributed by atoms with Crippen molar-refractivity contribution in [2.75, 3.05) is 0 Å². The molecule has 1 aromatic carbocycles. The highest BCUT2D eigenvalue weighted by molar-refractivity contribution is 5.71. The fourth-order valence-electron chi connectivity index (χ4n) is 2.08. The van der Waals surface area contributed by atoms with Gasteiger partial charge in [0.25, 0.3) is 0 Å². The molecule has 2 rings (SSSR count). The monoisotopic (exact) mass is 215 g/mol. The van der Waals surface area contributed by atoms with Gasteiger partial charge in [-0.15, -0.1) is 0 Å². The molecule has 1 heterocycles. The maximum absolute atomic E-state index is 5.70. The number of nitrogens with zero attached hydrogens (tertiary/aromatic N) is 1. The van der Waals surface area contributed by atoms with Crippen LogP contribution in [0.15, 0.2) is 18.2 Å². The quantitative estimate of drug-likeness (QED) is 0.808. The molecule has 0 unspecified atom stereocenters. The van der Waals surface area contributed by atoms with E-state index in [2.05, 4.69) is 42.2 Å². The Morgan fingerprint density at radius 1 is 1.25 bits per heavy atom. The predicted molar refractivity (Wildman–Crippen MR) is 66.1 cm³/mol. The summed E-state index contributed by atoms with van der Waals surface area (Å²) in [6, 6.07) is 6.44. The van der Waals surface area contributed by atoms with Gasteiger partial charge in [-0.1, -0.05) is 23.8 Å². The van der Waals surface area contributed by atoms with Crippen LogP contribution in [0.1, 0.15) is 22.5 Å². The van der Waals surface area contributed by atoms with Gasteiger partial charge in [0.1, 0.15) is 0 Å². The molecule has 0 saturated carbocycles. The van der Waals surface area contributed by atoms with Gasteiger partial charge in [-0.05, 0) is 31.9 Å². The van der Waals surface area contributed by atoms with Crippen LogP contribution in [0.25, 0.3) is 11.1 Å². The lowest BCUT2D eigenvalue weighted by Crippen LogP contribution is -1.99. The van der Waals surface area contributed by atoms with E-state index in [-0.39, 0.29) is 0 Å². The zero-order chi connectivity index (χ0) is 11.7. The summed E-state index contributed by atoms with van der Waals surface area (Å²) >= 11 is 0. The molecule has 3 heteroatoms. The number of aromatic nitrogens is 2. The second-order valence-electron chi connectivity index (χ2n) is 4.19. The average Bonchev–Trinajstić information content (AvgIpc) is 2.60. The Morgan fingerprint density at radius 2 is 2.00 bits per heavy atom. The molecule has 0 radical (unpaired) electrons. The molecule has 16 heavy (non-hydrogen) atoms. The van der Waals surface area contributed by atoms with Crippen LogP contribution in [0.4, 0.5) is 0 Å². The van der Waals surface area contributed by atoms with Crippen LogP contribution in [-0.4, -0.2) is 10.2 Å². The molecule has 84 valence electrons. The molecule has 0 aliphatic heterocycles. The Kier molecular flexibility index (Phi) is 2.79. The second-order valence-corrected chi connectivity index (χ2v) is 4.19. The molecule has 0 bridgehead atoms. The van der Waals surface area contributed by atoms with Gasteiger partial charge < -0.3 is 5.73 Å². The van der Waals surface area contributed by atoms with Crippen molar-refractivity contribution in [3.8, 4) is 11.1 Å². The number of hydrogen-bond acceptors (Lipinski definition) is 2. The highest BCUT2D eigenvalue weighted by Gasteiger charge is 2.12. The summed E-state index contributed by atoms with van der Waals surface area (Å²) in [5, 5.41) is 7.22. The average molecular weight is 215 g/mol. The molecule has 0 spiro atoms. The molecule has 1 aromatic heterocycles. The van der Waals surface area contributed by atoms with Crippen LogP contribution in [-0.2, 0) is 6.54 Å². The number of aromatic amines is 1. The van der Waals surface area contributed by atoms with Gasteiger partial charge in [-0.25, -0.2) is 0 Å². The van der Waals surface area contributed by atoms with Gasteiger partial charge in [0, 0.05) is 17.8 Å². The van der Waals surface area contributed by atoms with Crippen molar-refractivity contribution in [1.82, 2.24) is 10.2 Å². The van der Waals surface area contributed by atoms with Crippen molar-refractivity contribution >= 4 is 0 Å². The Hall–Kier alpha value is -1.61. The summed E-state index contributed by atoms with van der Waals surface area (Å²) in [7, 11) is 0. The van der Waals surface area contributed by atoms with E-state index in [1.165, 1.54) is 16.7 Å². The maximum atomic E-state index is 5.70. The van der Waals surface area contributed by atoms with Crippen molar-refractivity contribution < 1.29 is 0 Å². The van der Waals surface area contributed by atoms with Crippen LogP contribution in [0.3, 0.4) is 0 Å². The lowest BCUT2D eigenvalue weighted by Gasteiger charge is -2.07. The first-order chi connectivity index (χ1) is 7.63. The molecule has 0 atom stereocenters. The lowest BCUT2D eigenvalue weighted by molar-refractivity contribution is 0.940. The van der Waals surface area contributed by atoms with Gasteiger partial charge in [-0.3, -0.25) is 5.10 Å². The Bertz CT molecular complexity index is 512. The van der Waals surface area contributed by atoms with E-state index in [0.717, 1.165) is 17.0 Å².